The number of hydrogen-bond donors (Lipinski definition) is 1. The maximum atomic E-state index is 12.7. The quantitative estimate of drug-likeness (QED) is 0.850. The van der Waals surface area contributed by atoms with Crippen LogP contribution in [0.25, 0.3) is 0 Å². The van der Waals surface area contributed by atoms with E-state index in [4.69, 9.17) is 0 Å². The zero-order valence-corrected chi connectivity index (χ0v) is 12.4. The molecule has 0 spiro atoms. The van der Waals surface area contributed by atoms with Crippen molar-refractivity contribution in [3.63, 3.8) is 0 Å². The minimum absolute atomic E-state index is 0.0366. The van der Waals surface area contributed by atoms with E-state index in [2.05, 4.69) is 48.3 Å². The Morgan fingerprint density at radius 1 is 1.20 bits per heavy atom. The van der Waals surface area contributed by atoms with Gasteiger partial charge in [0.05, 0.1) is 6.04 Å². The molecule has 3 rings (SSSR count). The summed E-state index contributed by atoms with van der Waals surface area (Å²) in [6.45, 7) is 7.20. The van der Waals surface area contributed by atoms with E-state index in [0.29, 0.717) is 11.8 Å². The molecule has 2 aliphatic heterocycles. The summed E-state index contributed by atoms with van der Waals surface area (Å²) in [6, 6.07) is 8.39. The molecule has 0 aliphatic carbocycles. The first kappa shape index (κ1) is 13.6. The van der Waals surface area contributed by atoms with Crippen LogP contribution in [0.1, 0.15) is 31.4 Å². The van der Waals surface area contributed by atoms with Gasteiger partial charge in [-0.25, -0.2) is 0 Å². The Kier molecular flexibility index (Phi) is 3.79. The lowest BCUT2D eigenvalue weighted by atomic mass is 9.87. The van der Waals surface area contributed by atoms with E-state index in [-0.39, 0.29) is 6.04 Å². The molecular weight excluding hydrogens is 248 g/mol. The van der Waals surface area contributed by atoms with E-state index in [1.54, 1.807) is 0 Å². The fraction of sp³-hybridized carbons (Fsp3) is 0.588. The molecule has 1 aromatic rings. The molecule has 3 nitrogen and oxygen atoms in total. The van der Waals surface area contributed by atoms with E-state index in [1.807, 2.05) is 0 Å². The van der Waals surface area contributed by atoms with E-state index in [0.717, 1.165) is 38.4 Å². The predicted octanol–water partition coefficient (Wildman–Crippen LogP) is 2.21. The zero-order chi connectivity index (χ0) is 14.1. The minimum atomic E-state index is -0.0366. The van der Waals surface area contributed by atoms with Crippen molar-refractivity contribution in [1.82, 2.24) is 10.2 Å². The molecule has 0 aromatic heterocycles. The van der Waals surface area contributed by atoms with Gasteiger partial charge in [0.2, 0.25) is 5.91 Å². The Bertz CT molecular complexity index is 500. The lowest BCUT2D eigenvalue weighted by molar-refractivity contribution is -0.136. The molecule has 1 aromatic carbocycles. The van der Waals surface area contributed by atoms with Gasteiger partial charge in [-0.2, -0.15) is 0 Å². The molecule has 3 heteroatoms. The fourth-order valence-electron chi connectivity index (χ4n) is 3.31. The number of carbonyl (C=O) groups excluding carboxylic acids is 1. The number of likely N-dealkylation sites (tertiary alicyclic amines) is 1. The van der Waals surface area contributed by atoms with Crippen LogP contribution in [0.3, 0.4) is 0 Å². The van der Waals surface area contributed by atoms with Crippen molar-refractivity contribution in [1.29, 1.82) is 0 Å². The first-order valence-corrected chi connectivity index (χ1v) is 7.74. The van der Waals surface area contributed by atoms with Crippen molar-refractivity contribution in [2.24, 2.45) is 11.8 Å². The molecular formula is C17H24N2O. The van der Waals surface area contributed by atoms with Gasteiger partial charge in [-0.15, -0.1) is 0 Å². The van der Waals surface area contributed by atoms with Crippen molar-refractivity contribution >= 4 is 5.91 Å². The molecule has 3 atom stereocenters. The van der Waals surface area contributed by atoms with E-state index in [9.17, 15) is 4.79 Å². The highest BCUT2D eigenvalue weighted by Gasteiger charge is 2.31. The van der Waals surface area contributed by atoms with Crippen LogP contribution in [-0.2, 0) is 17.8 Å². The number of benzene rings is 1. The Morgan fingerprint density at radius 3 is 2.70 bits per heavy atom. The van der Waals surface area contributed by atoms with Crippen LogP contribution in [0.2, 0.25) is 0 Å². The average Bonchev–Trinajstić information content (AvgIpc) is 2.49. The molecule has 0 bridgehead atoms. The summed E-state index contributed by atoms with van der Waals surface area (Å²) >= 11 is 0. The average molecular weight is 272 g/mol. The molecule has 1 fully saturated rings. The maximum absolute atomic E-state index is 12.7. The lowest BCUT2D eigenvalue weighted by Gasteiger charge is -2.38. The molecule has 20 heavy (non-hydrogen) atoms. The van der Waals surface area contributed by atoms with E-state index < -0.39 is 0 Å². The molecule has 2 aliphatic rings. The van der Waals surface area contributed by atoms with Gasteiger partial charge in [0.1, 0.15) is 0 Å². The lowest BCUT2D eigenvalue weighted by Crippen LogP contribution is -2.52. The highest BCUT2D eigenvalue weighted by atomic mass is 16.2. The number of rotatable bonds is 1. The van der Waals surface area contributed by atoms with Gasteiger partial charge in [0.15, 0.2) is 0 Å². The smallest absolute Gasteiger partial charge is 0.240 e. The monoisotopic (exact) mass is 272 g/mol. The molecule has 0 radical (unpaired) electrons. The van der Waals surface area contributed by atoms with Crippen LogP contribution in [0, 0.1) is 11.8 Å². The molecule has 3 unspecified atom stereocenters. The normalized spacial score (nSPS) is 29.9. The van der Waals surface area contributed by atoms with Crippen molar-refractivity contribution in [2.45, 2.75) is 39.3 Å². The van der Waals surface area contributed by atoms with Gasteiger partial charge >= 0.3 is 0 Å². The molecule has 1 N–H and O–H groups in total. The van der Waals surface area contributed by atoms with Crippen molar-refractivity contribution < 1.29 is 4.79 Å². The SMILES string of the molecule is CC1CCN(C(=O)C2Cc3ccccc3CN2)CC1C. The Morgan fingerprint density at radius 2 is 1.95 bits per heavy atom. The van der Waals surface area contributed by atoms with Gasteiger partial charge < -0.3 is 10.2 Å². The van der Waals surface area contributed by atoms with Gasteiger partial charge in [0, 0.05) is 19.6 Å². The molecule has 108 valence electrons. The Balaban J connectivity index is 1.67. The first-order valence-electron chi connectivity index (χ1n) is 7.74. The fourth-order valence-corrected chi connectivity index (χ4v) is 3.31. The number of carbonyl (C=O) groups is 1. The van der Waals surface area contributed by atoms with Crippen molar-refractivity contribution in [3.05, 3.63) is 35.4 Å². The van der Waals surface area contributed by atoms with Crippen LogP contribution in [0.15, 0.2) is 24.3 Å². The van der Waals surface area contributed by atoms with Crippen LogP contribution >= 0.6 is 0 Å². The highest BCUT2D eigenvalue weighted by Crippen LogP contribution is 2.24. The number of amides is 1. The largest absolute Gasteiger partial charge is 0.341 e. The van der Waals surface area contributed by atoms with E-state index >= 15 is 0 Å². The summed E-state index contributed by atoms with van der Waals surface area (Å²) in [4.78, 5) is 14.7. The zero-order valence-electron chi connectivity index (χ0n) is 12.4. The van der Waals surface area contributed by atoms with Gasteiger partial charge in [-0.1, -0.05) is 38.1 Å². The third-order valence-electron chi connectivity index (χ3n) is 5.03. The topological polar surface area (TPSA) is 32.3 Å². The standard InChI is InChI=1S/C17H24N2O/c1-12-7-8-19(11-13(12)2)17(20)16-9-14-5-3-4-6-15(14)10-18-16/h3-6,12-13,16,18H,7-11H2,1-2H3. The minimum Gasteiger partial charge on any atom is -0.341 e. The van der Waals surface area contributed by atoms with E-state index in [1.165, 1.54) is 11.1 Å². The Labute approximate surface area is 121 Å². The van der Waals surface area contributed by atoms with Crippen LogP contribution in [-0.4, -0.2) is 29.9 Å². The number of fused-ring (bicyclic) bond motifs is 1. The number of piperidine rings is 1. The van der Waals surface area contributed by atoms with Gasteiger partial charge in [-0.3, -0.25) is 4.79 Å². The van der Waals surface area contributed by atoms with Crippen molar-refractivity contribution in [2.75, 3.05) is 13.1 Å². The maximum Gasteiger partial charge on any atom is 0.240 e. The summed E-state index contributed by atoms with van der Waals surface area (Å²) in [5.41, 5.74) is 2.65. The predicted molar refractivity (Wildman–Crippen MR) is 80.3 cm³/mol. The number of hydrogen-bond acceptors (Lipinski definition) is 2. The summed E-state index contributed by atoms with van der Waals surface area (Å²) in [5, 5.41) is 3.41. The summed E-state index contributed by atoms with van der Waals surface area (Å²) in [6.07, 6.45) is 1.96. The summed E-state index contributed by atoms with van der Waals surface area (Å²) in [5.74, 6) is 1.64. The third-order valence-corrected chi connectivity index (χ3v) is 5.03. The number of nitrogens with zero attached hydrogens (tertiary/aromatic N) is 1. The molecule has 1 amide bonds. The second-order valence-corrected chi connectivity index (χ2v) is 6.43. The van der Waals surface area contributed by atoms with Crippen molar-refractivity contribution in [3.8, 4) is 0 Å². The molecule has 1 saturated heterocycles. The van der Waals surface area contributed by atoms with Crippen LogP contribution in [0.4, 0.5) is 0 Å². The van der Waals surface area contributed by atoms with Gasteiger partial charge in [-0.05, 0) is 35.8 Å². The summed E-state index contributed by atoms with van der Waals surface area (Å²) < 4.78 is 0. The van der Waals surface area contributed by atoms with Crippen LogP contribution in [0.5, 0.6) is 0 Å². The highest BCUT2D eigenvalue weighted by molar-refractivity contribution is 5.82. The second kappa shape index (κ2) is 5.57. The first-order chi connectivity index (χ1) is 9.65. The molecule has 0 saturated carbocycles. The second-order valence-electron chi connectivity index (χ2n) is 6.43. The number of nitrogens with one attached hydrogen (secondary N) is 1. The Hall–Kier alpha value is -1.35. The van der Waals surface area contributed by atoms with Crippen LogP contribution < -0.4 is 5.32 Å². The molecule has 2 heterocycles. The summed E-state index contributed by atoms with van der Waals surface area (Å²) in [7, 11) is 0. The van der Waals surface area contributed by atoms with Gasteiger partial charge in [0.25, 0.3) is 0 Å². The third kappa shape index (κ3) is 2.59.